The van der Waals surface area contributed by atoms with Gasteiger partial charge in [0.25, 0.3) is 0 Å². The van der Waals surface area contributed by atoms with Crippen molar-refractivity contribution >= 4 is 38.2 Å². The van der Waals surface area contributed by atoms with Crippen LogP contribution in [0.25, 0.3) is 33.5 Å². The molecule has 0 bridgehead atoms. The number of fused-ring (bicyclic) bond motifs is 1. The van der Waals surface area contributed by atoms with Crippen LogP contribution in [0.5, 0.6) is 0 Å². The van der Waals surface area contributed by atoms with Crippen LogP contribution in [0.2, 0.25) is 0 Å². The number of anilines is 1. The number of pyridine rings is 1. The number of nitrogens with one attached hydrogen (secondary N) is 1. The van der Waals surface area contributed by atoms with Gasteiger partial charge in [0, 0.05) is 13.1 Å². The third-order valence-corrected chi connectivity index (χ3v) is 5.79. The van der Waals surface area contributed by atoms with Crippen molar-refractivity contribution in [3.8, 4) is 22.5 Å². The maximum atomic E-state index is 4.96. The number of piperazine rings is 1. The van der Waals surface area contributed by atoms with E-state index in [1.807, 2.05) is 18.2 Å². The average Bonchev–Trinajstić information content (AvgIpc) is 2.79. The summed E-state index contributed by atoms with van der Waals surface area (Å²) in [5.41, 5.74) is 7.02. The quantitative estimate of drug-likeness (QED) is 0.492. The van der Waals surface area contributed by atoms with Gasteiger partial charge in [-0.25, -0.2) is 0 Å². The second kappa shape index (κ2) is 7.94. The van der Waals surface area contributed by atoms with Gasteiger partial charge in [-0.1, -0.05) is 0 Å². The molecule has 1 atom stereocenters. The number of hydrogen-bond acceptors (Lipinski definition) is 5. The van der Waals surface area contributed by atoms with Crippen LogP contribution in [0.4, 0.5) is 5.69 Å². The molecule has 0 radical (unpaired) electrons. The molecule has 2 aromatic heterocycles. The minimum atomic E-state index is 0.818. The molecular formula is C23H22AsN5. The molecule has 1 aliphatic heterocycles. The van der Waals surface area contributed by atoms with Gasteiger partial charge in [-0.3, -0.25) is 0 Å². The topological polar surface area (TPSA) is 53.9 Å². The number of aromatic nitrogens is 3. The first-order valence-electron chi connectivity index (χ1n) is 9.84. The number of nitrogens with zero attached hydrogens (tertiary/aromatic N) is 4. The molecule has 144 valence electrons. The second-order valence-corrected chi connectivity index (χ2v) is 8.23. The van der Waals surface area contributed by atoms with E-state index in [0.29, 0.717) is 0 Å². The van der Waals surface area contributed by atoms with E-state index in [0.717, 1.165) is 64.3 Å². The molecule has 29 heavy (non-hydrogen) atoms. The molecule has 6 heteroatoms. The van der Waals surface area contributed by atoms with Gasteiger partial charge in [0.1, 0.15) is 0 Å². The zero-order valence-corrected chi connectivity index (χ0v) is 18.5. The van der Waals surface area contributed by atoms with Crippen LogP contribution in [-0.2, 0) is 0 Å². The second-order valence-electron chi connectivity index (χ2n) is 7.14. The Kier molecular flexibility index (Phi) is 5.01. The number of benzene rings is 2. The van der Waals surface area contributed by atoms with Gasteiger partial charge in [0.05, 0.1) is 0 Å². The Morgan fingerprint density at radius 1 is 0.759 bits per heavy atom. The third kappa shape index (κ3) is 3.76. The van der Waals surface area contributed by atoms with E-state index in [4.69, 9.17) is 9.97 Å². The van der Waals surface area contributed by atoms with E-state index >= 15 is 0 Å². The predicted octanol–water partition coefficient (Wildman–Crippen LogP) is 2.03. The third-order valence-electron chi connectivity index (χ3n) is 5.25. The van der Waals surface area contributed by atoms with E-state index in [-0.39, 0.29) is 0 Å². The summed E-state index contributed by atoms with van der Waals surface area (Å²) >= 11 is 1.42. The van der Waals surface area contributed by atoms with Crippen molar-refractivity contribution in [2.75, 3.05) is 31.1 Å². The fourth-order valence-corrected chi connectivity index (χ4v) is 4.32. The fourth-order valence-electron chi connectivity index (χ4n) is 3.76. The molecular weight excluding hydrogens is 421 g/mol. The van der Waals surface area contributed by atoms with Crippen LogP contribution in [-0.4, -0.2) is 58.0 Å². The summed E-state index contributed by atoms with van der Waals surface area (Å²) in [7, 11) is 0. The zero-order valence-electron chi connectivity index (χ0n) is 16.0. The average molecular weight is 443 g/mol. The molecule has 2 aromatic carbocycles. The van der Waals surface area contributed by atoms with Crippen molar-refractivity contribution in [2.24, 2.45) is 0 Å². The zero-order chi connectivity index (χ0) is 19.6. The fraction of sp³-hybridized carbons (Fsp3) is 0.174. The first kappa shape index (κ1) is 18.3. The van der Waals surface area contributed by atoms with Crippen molar-refractivity contribution in [3.05, 3.63) is 66.7 Å². The van der Waals surface area contributed by atoms with Crippen molar-refractivity contribution in [3.63, 3.8) is 0 Å². The molecule has 5 nitrogen and oxygen atoms in total. The van der Waals surface area contributed by atoms with Gasteiger partial charge in [0.2, 0.25) is 0 Å². The minimum absolute atomic E-state index is 0.818. The van der Waals surface area contributed by atoms with Crippen molar-refractivity contribution < 1.29 is 0 Å². The van der Waals surface area contributed by atoms with Crippen LogP contribution < -0.4 is 14.8 Å². The molecule has 3 heterocycles. The maximum absolute atomic E-state index is 4.96. The molecule has 1 aliphatic rings. The Hall–Kier alpha value is -2.75. The Morgan fingerprint density at radius 2 is 1.52 bits per heavy atom. The van der Waals surface area contributed by atoms with E-state index in [1.54, 1.807) is 0 Å². The molecule has 1 saturated heterocycles. The van der Waals surface area contributed by atoms with Crippen LogP contribution in [0.1, 0.15) is 0 Å². The van der Waals surface area contributed by atoms with E-state index in [1.165, 1.54) is 22.5 Å². The van der Waals surface area contributed by atoms with Crippen LogP contribution in [0.3, 0.4) is 0 Å². The Balaban J connectivity index is 1.55. The summed E-state index contributed by atoms with van der Waals surface area (Å²) in [5.74, 6) is 0. The van der Waals surface area contributed by atoms with Gasteiger partial charge in [0.15, 0.2) is 0 Å². The monoisotopic (exact) mass is 443 g/mol. The first-order chi connectivity index (χ1) is 14.3. The Labute approximate surface area is 178 Å². The molecule has 5 rings (SSSR count). The molecule has 1 unspecified atom stereocenters. The van der Waals surface area contributed by atoms with Gasteiger partial charge < -0.3 is 5.32 Å². The Morgan fingerprint density at radius 3 is 2.28 bits per heavy atom. The molecule has 1 fully saturated rings. The molecule has 0 amide bonds. The van der Waals surface area contributed by atoms with Crippen LogP contribution in [0, 0.1) is 0 Å². The van der Waals surface area contributed by atoms with Gasteiger partial charge in [-0.05, 0) is 0 Å². The normalized spacial score (nSPS) is 14.3. The van der Waals surface area contributed by atoms with Crippen LogP contribution in [0.15, 0.2) is 66.7 Å². The summed E-state index contributed by atoms with van der Waals surface area (Å²) in [6, 6.07) is 23.0. The van der Waals surface area contributed by atoms with Gasteiger partial charge in [-0.15, -0.1) is 0 Å². The molecule has 0 spiro atoms. The van der Waals surface area contributed by atoms with Crippen molar-refractivity contribution in [1.82, 2.24) is 20.3 Å². The molecule has 0 saturated carbocycles. The van der Waals surface area contributed by atoms with E-state index < -0.39 is 0 Å². The Bertz CT molecular complexity index is 1140. The molecule has 1 N–H and O–H groups in total. The molecule has 0 aliphatic carbocycles. The summed E-state index contributed by atoms with van der Waals surface area (Å²) in [5, 5.41) is 3.40. The van der Waals surface area contributed by atoms with Crippen LogP contribution >= 0.6 is 0 Å². The van der Waals surface area contributed by atoms with Crippen molar-refractivity contribution in [2.45, 2.75) is 0 Å². The summed E-state index contributed by atoms with van der Waals surface area (Å²) < 4.78 is 0.818. The van der Waals surface area contributed by atoms with E-state index in [9.17, 15) is 0 Å². The molecule has 4 aromatic rings. The van der Waals surface area contributed by atoms with E-state index in [2.05, 4.69) is 63.7 Å². The standard InChI is InChI=1S/C23H22AsN5/c24-23-27-20-11-10-19(26-22(20)21(28-23)17-4-2-1-3-5-17)16-6-8-18(9-7-16)29-14-12-25-13-15-29/h1-11,25H,12-15,24H2. The summed E-state index contributed by atoms with van der Waals surface area (Å²) in [6.07, 6.45) is 0. The summed E-state index contributed by atoms with van der Waals surface area (Å²) in [4.78, 5) is 16.7. The predicted molar refractivity (Wildman–Crippen MR) is 121 cm³/mol. The summed E-state index contributed by atoms with van der Waals surface area (Å²) in [6.45, 7) is 4.17. The number of hydrogen-bond donors (Lipinski definition) is 1. The van der Waals surface area contributed by atoms with Gasteiger partial charge >= 0.3 is 160 Å². The SMILES string of the molecule is [AsH2]c1nc(-c2ccccc2)c2nc(-c3ccc(N4CCNCC4)cc3)ccc2n1. The van der Waals surface area contributed by atoms with Crippen molar-refractivity contribution in [1.29, 1.82) is 0 Å². The first-order valence-corrected chi connectivity index (χ1v) is 11.0. The number of rotatable bonds is 3. The van der Waals surface area contributed by atoms with Gasteiger partial charge in [-0.2, -0.15) is 0 Å².